The van der Waals surface area contributed by atoms with Crippen molar-refractivity contribution in [3.8, 4) is 0 Å². The molecule has 7 nitrogen and oxygen atoms in total. The Hall–Kier alpha value is -1.44. The number of nitrogens with zero attached hydrogens (tertiary/aromatic N) is 2. The van der Waals surface area contributed by atoms with Crippen LogP contribution in [0.5, 0.6) is 0 Å². The summed E-state index contributed by atoms with van der Waals surface area (Å²) >= 11 is 0. The number of aliphatic hydroxyl groups excluding tert-OH is 2. The van der Waals surface area contributed by atoms with E-state index >= 15 is 0 Å². The summed E-state index contributed by atoms with van der Waals surface area (Å²) in [5.41, 5.74) is 5.44. The van der Waals surface area contributed by atoms with Gasteiger partial charge in [0.1, 0.15) is 12.0 Å². The molecule has 0 saturated heterocycles. The first kappa shape index (κ1) is 13.6. The third-order valence-electron chi connectivity index (χ3n) is 2.51. The minimum absolute atomic E-state index is 0.0952. The van der Waals surface area contributed by atoms with Crippen molar-refractivity contribution in [2.24, 2.45) is 0 Å². The molecule has 17 heavy (non-hydrogen) atoms. The molecule has 2 atom stereocenters. The van der Waals surface area contributed by atoms with E-state index in [4.69, 9.17) is 15.6 Å². The molecule has 1 rings (SSSR count). The van der Waals surface area contributed by atoms with E-state index in [-0.39, 0.29) is 18.8 Å². The lowest BCUT2D eigenvalue weighted by Gasteiger charge is -2.19. The highest BCUT2D eigenvalue weighted by Crippen LogP contribution is 2.12. The molecular formula is C10H17N3O4. The number of aliphatic hydroxyl groups is 2. The number of nitrogens with two attached hydrogens (primary N) is 1. The lowest BCUT2D eigenvalue weighted by molar-refractivity contribution is -0.0142. The summed E-state index contributed by atoms with van der Waals surface area (Å²) in [5, 5.41) is 18.8. The first-order valence-electron chi connectivity index (χ1n) is 5.16. The van der Waals surface area contributed by atoms with Gasteiger partial charge in [0.2, 0.25) is 0 Å². The van der Waals surface area contributed by atoms with Crippen molar-refractivity contribution in [2.45, 2.75) is 25.7 Å². The Balaban J connectivity index is 2.92. The van der Waals surface area contributed by atoms with Gasteiger partial charge >= 0.3 is 5.69 Å². The Morgan fingerprint density at radius 3 is 2.82 bits per heavy atom. The fourth-order valence-corrected chi connectivity index (χ4v) is 1.39. The maximum Gasteiger partial charge on any atom is 0.351 e. The third-order valence-corrected chi connectivity index (χ3v) is 2.51. The van der Waals surface area contributed by atoms with E-state index < -0.39 is 18.0 Å². The minimum atomic E-state index is -1.11. The fraction of sp³-hybridized carbons (Fsp3) is 0.600. The topological polar surface area (TPSA) is 111 Å². The number of nitrogen functional groups attached to an aromatic ring is 1. The number of aryl methyl sites for hydroxylation is 1. The number of hydrogen-bond donors (Lipinski definition) is 3. The summed E-state index contributed by atoms with van der Waals surface area (Å²) in [6, 6.07) is 0. The largest absolute Gasteiger partial charge is 0.394 e. The number of aromatic nitrogens is 2. The Labute approximate surface area is 98.5 Å². The SMILES string of the molecule is CO[C@H](CO)C[C@@H](O)n1cc(C)c(N)nc1=O. The van der Waals surface area contributed by atoms with Gasteiger partial charge in [0.25, 0.3) is 0 Å². The summed E-state index contributed by atoms with van der Waals surface area (Å²) in [7, 11) is 1.42. The van der Waals surface area contributed by atoms with Crippen LogP contribution in [0.15, 0.2) is 11.0 Å². The van der Waals surface area contributed by atoms with Gasteiger partial charge < -0.3 is 20.7 Å². The van der Waals surface area contributed by atoms with Crippen LogP contribution in [-0.2, 0) is 4.74 Å². The molecule has 0 aromatic carbocycles. The average molecular weight is 243 g/mol. The highest BCUT2D eigenvalue weighted by Gasteiger charge is 2.16. The van der Waals surface area contributed by atoms with Gasteiger partial charge in [0.15, 0.2) is 0 Å². The summed E-state index contributed by atoms with van der Waals surface area (Å²) < 4.78 is 5.98. The molecule has 4 N–H and O–H groups in total. The summed E-state index contributed by atoms with van der Waals surface area (Å²) in [4.78, 5) is 15.1. The van der Waals surface area contributed by atoms with Gasteiger partial charge in [-0.2, -0.15) is 4.98 Å². The van der Waals surface area contributed by atoms with Crippen molar-refractivity contribution in [2.75, 3.05) is 19.5 Å². The van der Waals surface area contributed by atoms with E-state index in [1.807, 2.05) is 0 Å². The van der Waals surface area contributed by atoms with Crippen LogP contribution in [0.2, 0.25) is 0 Å². The van der Waals surface area contributed by atoms with Crippen LogP contribution in [0.25, 0.3) is 0 Å². The Kier molecular flexibility index (Phi) is 4.62. The van der Waals surface area contributed by atoms with Crippen molar-refractivity contribution < 1.29 is 14.9 Å². The summed E-state index contributed by atoms with van der Waals surface area (Å²) in [6.07, 6.45) is -0.113. The van der Waals surface area contributed by atoms with E-state index in [0.29, 0.717) is 5.56 Å². The lowest BCUT2D eigenvalue weighted by atomic mass is 10.2. The highest BCUT2D eigenvalue weighted by atomic mass is 16.5. The van der Waals surface area contributed by atoms with Crippen LogP contribution in [0, 0.1) is 6.92 Å². The minimum Gasteiger partial charge on any atom is -0.394 e. The predicted octanol–water partition coefficient (Wildman–Crippen LogP) is -0.978. The molecule has 1 aromatic heterocycles. The number of rotatable bonds is 5. The molecule has 0 amide bonds. The predicted molar refractivity (Wildman–Crippen MR) is 61.4 cm³/mol. The van der Waals surface area contributed by atoms with Crippen molar-refractivity contribution in [1.29, 1.82) is 0 Å². The van der Waals surface area contributed by atoms with Crippen molar-refractivity contribution in [3.63, 3.8) is 0 Å². The van der Waals surface area contributed by atoms with Crippen LogP contribution < -0.4 is 11.4 Å². The van der Waals surface area contributed by atoms with Crippen LogP contribution in [-0.4, -0.2) is 39.6 Å². The lowest BCUT2D eigenvalue weighted by Crippen LogP contribution is -2.31. The second kappa shape index (κ2) is 5.76. The smallest absolute Gasteiger partial charge is 0.351 e. The zero-order valence-electron chi connectivity index (χ0n) is 9.83. The van der Waals surface area contributed by atoms with Gasteiger partial charge in [-0.15, -0.1) is 0 Å². The summed E-state index contributed by atoms with van der Waals surface area (Å²) in [6.45, 7) is 1.45. The molecular weight excluding hydrogens is 226 g/mol. The molecule has 0 radical (unpaired) electrons. The van der Waals surface area contributed by atoms with Crippen molar-refractivity contribution in [1.82, 2.24) is 9.55 Å². The quantitative estimate of drug-likeness (QED) is 0.613. The van der Waals surface area contributed by atoms with Crippen LogP contribution in [0.4, 0.5) is 5.82 Å². The van der Waals surface area contributed by atoms with Gasteiger partial charge in [-0.1, -0.05) is 0 Å². The first-order valence-corrected chi connectivity index (χ1v) is 5.16. The maximum absolute atomic E-state index is 11.5. The zero-order chi connectivity index (χ0) is 13.0. The van der Waals surface area contributed by atoms with E-state index in [0.717, 1.165) is 4.57 Å². The molecule has 1 heterocycles. The molecule has 0 aliphatic carbocycles. The fourth-order valence-electron chi connectivity index (χ4n) is 1.39. The summed E-state index contributed by atoms with van der Waals surface area (Å²) in [5.74, 6) is 0.142. The number of ether oxygens (including phenoxy) is 1. The Bertz CT molecular complexity index is 428. The van der Waals surface area contributed by atoms with Gasteiger partial charge in [0, 0.05) is 25.3 Å². The van der Waals surface area contributed by atoms with Gasteiger partial charge in [-0.25, -0.2) is 4.79 Å². The maximum atomic E-state index is 11.5. The molecule has 0 aliphatic heterocycles. The van der Waals surface area contributed by atoms with E-state index in [2.05, 4.69) is 4.98 Å². The number of methoxy groups -OCH3 is 1. The molecule has 0 spiro atoms. The first-order chi connectivity index (χ1) is 7.99. The van der Waals surface area contributed by atoms with Crippen LogP contribution >= 0.6 is 0 Å². The Morgan fingerprint density at radius 1 is 1.65 bits per heavy atom. The molecule has 7 heteroatoms. The van der Waals surface area contributed by atoms with E-state index in [1.54, 1.807) is 6.92 Å². The molecule has 1 aromatic rings. The molecule has 0 fully saturated rings. The number of anilines is 1. The van der Waals surface area contributed by atoms with E-state index in [9.17, 15) is 9.90 Å². The normalized spacial score (nSPS) is 14.6. The zero-order valence-corrected chi connectivity index (χ0v) is 9.83. The van der Waals surface area contributed by atoms with Gasteiger partial charge in [-0.05, 0) is 6.92 Å². The molecule has 0 unspecified atom stereocenters. The monoisotopic (exact) mass is 243 g/mol. The molecule has 0 bridgehead atoms. The van der Waals surface area contributed by atoms with Gasteiger partial charge in [-0.3, -0.25) is 4.57 Å². The van der Waals surface area contributed by atoms with Crippen LogP contribution in [0.1, 0.15) is 18.2 Å². The van der Waals surface area contributed by atoms with Gasteiger partial charge in [0.05, 0.1) is 12.7 Å². The number of hydrogen-bond acceptors (Lipinski definition) is 6. The molecule has 0 saturated carbocycles. The molecule has 0 aliphatic rings. The van der Waals surface area contributed by atoms with Crippen molar-refractivity contribution in [3.05, 3.63) is 22.2 Å². The Morgan fingerprint density at radius 2 is 2.29 bits per heavy atom. The standard InChI is InChI=1S/C10H17N3O4/c1-6-4-13(10(16)12-9(6)11)8(15)3-7(5-14)17-2/h4,7-8,14-15H,3,5H2,1-2H3,(H2,11,12,16)/t7-,8+/m0/s1. The molecule has 96 valence electrons. The third kappa shape index (κ3) is 3.26. The van der Waals surface area contributed by atoms with E-state index in [1.165, 1.54) is 13.3 Å². The average Bonchev–Trinajstić information content (AvgIpc) is 2.30. The highest BCUT2D eigenvalue weighted by molar-refractivity contribution is 5.35. The van der Waals surface area contributed by atoms with Crippen molar-refractivity contribution >= 4 is 5.82 Å². The van der Waals surface area contributed by atoms with Crippen LogP contribution in [0.3, 0.4) is 0 Å². The second-order valence-corrected chi connectivity index (χ2v) is 3.76. The second-order valence-electron chi connectivity index (χ2n) is 3.76.